The highest BCUT2D eigenvalue weighted by Crippen LogP contribution is 2.25. The van der Waals surface area contributed by atoms with Crippen molar-refractivity contribution in [3.8, 4) is 0 Å². The quantitative estimate of drug-likeness (QED) is 0.671. The minimum atomic E-state index is -0.403. The minimum Gasteiger partial charge on any atom is -0.322 e. The van der Waals surface area contributed by atoms with E-state index in [-0.39, 0.29) is 11.2 Å². The van der Waals surface area contributed by atoms with Crippen molar-refractivity contribution in [2.45, 2.75) is 39.5 Å². The first-order valence-corrected chi connectivity index (χ1v) is 6.90. The maximum Gasteiger partial charge on any atom is 0.270 e. The molecule has 0 atom stereocenters. The number of aromatic nitrogens is 1. The molecule has 20 heavy (non-hydrogen) atoms. The molecule has 0 aliphatic heterocycles. The first kappa shape index (κ1) is 14.2. The molecular formula is C15H18N2O3. The minimum absolute atomic E-state index is 0.0596. The zero-order valence-electron chi connectivity index (χ0n) is 11.7. The maximum atomic E-state index is 12.1. The average molecular weight is 274 g/mol. The van der Waals surface area contributed by atoms with E-state index >= 15 is 0 Å². The van der Waals surface area contributed by atoms with Gasteiger partial charge in [0, 0.05) is 28.6 Å². The number of aryl methyl sites for hydroxylation is 1. The number of hydrogen-bond acceptors (Lipinski definition) is 3. The van der Waals surface area contributed by atoms with Crippen molar-refractivity contribution >= 4 is 16.6 Å². The fourth-order valence-corrected chi connectivity index (χ4v) is 2.55. The second kappa shape index (κ2) is 5.86. The van der Waals surface area contributed by atoms with Crippen molar-refractivity contribution in [2.75, 3.05) is 0 Å². The number of benzene rings is 1. The number of fused-ring (bicyclic) bond motifs is 1. The number of nitro groups is 1. The summed E-state index contributed by atoms with van der Waals surface area (Å²) in [7, 11) is 0. The number of hydrogen-bond donors (Lipinski definition) is 1. The first-order chi connectivity index (χ1) is 9.58. The number of H-pyrrole nitrogens is 1. The lowest BCUT2D eigenvalue weighted by Gasteiger charge is -2.11. The van der Waals surface area contributed by atoms with Crippen LogP contribution in [-0.4, -0.2) is 9.91 Å². The molecule has 0 bridgehead atoms. The van der Waals surface area contributed by atoms with E-state index in [0.29, 0.717) is 11.9 Å². The summed E-state index contributed by atoms with van der Waals surface area (Å²) in [4.78, 5) is 25.5. The highest BCUT2D eigenvalue weighted by Gasteiger charge is 2.14. The molecule has 1 aromatic heterocycles. The van der Waals surface area contributed by atoms with Crippen LogP contribution in [0.5, 0.6) is 0 Å². The van der Waals surface area contributed by atoms with Crippen LogP contribution in [0.2, 0.25) is 0 Å². The van der Waals surface area contributed by atoms with Crippen LogP contribution in [-0.2, 0) is 12.8 Å². The van der Waals surface area contributed by atoms with E-state index in [1.54, 1.807) is 12.1 Å². The fraction of sp³-hybridized carbons (Fsp3) is 0.400. The lowest BCUT2D eigenvalue weighted by atomic mass is 9.96. The zero-order valence-corrected chi connectivity index (χ0v) is 11.7. The van der Waals surface area contributed by atoms with E-state index in [1.807, 2.05) is 13.8 Å². The SMILES string of the molecule is CCCc1c(CCC)c2cc([N+](=O)[O-])ccc2[nH]c1=O. The van der Waals surface area contributed by atoms with Gasteiger partial charge in [0.2, 0.25) is 0 Å². The van der Waals surface area contributed by atoms with Crippen molar-refractivity contribution < 1.29 is 4.92 Å². The second-order valence-corrected chi connectivity index (χ2v) is 4.90. The largest absolute Gasteiger partial charge is 0.322 e. The predicted molar refractivity (Wildman–Crippen MR) is 79.2 cm³/mol. The van der Waals surface area contributed by atoms with Crippen LogP contribution in [0.25, 0.3) is 10.9 Å². The molecule has 2 aromatic rings. The highest BCUT2D eigenvalue weighted by atomic mass is 16.6. The molecule has 2 rings (SSSR count). The van der Waals surface area contributed by atoms with Crippen molar-refractivity contribution in [2.24, 2.45) is 0 Å². The third-order valence-corrected chi connectivity index (χ3v) is 3.43. The molecule has 0 fully saturated rings. The van der Waals surface area contributed by atoms with E-state index in [0.717, 1.165) is 35.8 Å². The van der Waals surface area contributed by atoms with Gasteiger partial charge in [-0.2, -0.15) is 0 Å². The lowest BCUT2D eigenvalue weighted by molar-refractivity contribution is -0.384. The molecule has 1 N–H and O–H groups in total. The van der Waals surface area contributed by atoms with E-state index in [2.05, 4.69) is 4.98 Å². The Morgan fingerprint density at radius 2 is 1.80 bits per heavy atom. The number of pyridine rings is 1. The molecule has 5 nitrogen and oxygen atoms in total. The summed E-state index contributed by atoms with van der Waals surface area (Å²) >= 11 is 0. The van der Waals surface area contributed by atoms with Crippen LogP contribution in [0.1, 0.15) is 37.8 Å². The Kier molecular flexibility index (Phi) is 4.17. The van der Waals surface area contributed by atoms with E-state index in [9.17, 15) is 14.9 Å². The van der Waals surface area contributed by atoms with E-state index in [4.69, 9.17) is 0 Å². The molecule has 0 saturated carbocycles. The van der Waals surface area contributed by atoms with Gasteiger partial charge in [-0.05, 0) is 24.5 Å². The van der Waals surface area contributed by atoms with Gasteiger partial charge in [0.15, 0.2) is 0 Å². The third kappa shape index (κ3) is 2.57. The summed E-state index contributed by atoms with van der Waals surface area (Å²) in [6, 6.07) is 4.60. The van der Waals surface area contributed by atoms with Gasteiger partial charge < -0.3 is 4.98 Å². The second-order valence-electron chi connectivity index (χ2n) is 4.90. The number of aromatic amines is 1. The normalized spacial score (nSPS) is 10.9. The Balaban J connectivity index is 2.78. The van der Waals surface area contributed by atoms with Crippen LogP contribution in [0, 0.1) is 10.1 Å². The van der Waals surface area contributed by atoms with Gasteiger partial charge in [-0.15, -0.1) is 0 Å². The van der Waals surface area contributed by atoms with Crippen LogP contribution in [0.15, 0.2) is 23.0 Å². The van der Waals surface area contributed by atoms with Gasteiger partial charge in [0.1, 0.15) is 0 Å². The molecule has 0 spiro atoms. The summed E-state index contributed by atoms with van der Waals surface area (Å²) < 4.78 is 0. The molecular weight excluding hydrogens is 256 g/mol. The Labute approximate surface area is 116 Å². The summed E-state index contributed by atoms with van der Waals surface area (Å²) in [6.07, 6.45) is 3.23. The van der Waals surface area contributed by atoms with Crippen LogP contribution in [0.3, 0.4) is 0 Å². The molecule has 5 heteroatoms. The molecule has 0 aliphatic rings. The summed E-state index contributed by atoms with van der Waals surface area (Å²) in [6.45, 7) is 4.06. The highest BCUT2D eigenvalue weighted by molar-refractivity contribution is 5.85. The van der Waals surface area contributed by atoms with Gasteiger partial charge in [-0.3, -0.25) is 14.9 Å². The van der Waals surface area contributed by atoms with Crippen LogP contribution >= 0.6 is 0 Å². The Bertz CT molecular complexity index is 704. The van der Waals surface area contributed by atoms with Gasteiger partial charge in [-0.1, -0.05) is 26.7 Å². The van der Waals surface area contributed by atoms with Crippen molar-refractivity contribution in [3.63, 3.8) is 0 Å². The standard InChI is InChI=1S/C15H18N2O3/c1-3-5-11-12(6-4-2)15(18)16-14-8-7-10(17(19)20)9-13(11)14/h7-9H,3-6H2,1-2H3,(H,16,18). The smallest absolute Gasteiger partial charge is 0.270 e. The van der Waals surface area contributed by atoms with E-state index < -0.39 is 4.92 Å². The molecule has 0 unspecified atom stereocenters. The number of rotatable bonds is 5. The van der Waals surface area contributed by atoms with Crippen LogP contribution < -0.4 is 5.56 Å². The number of nitrogens with one attached hydrogen (secondary N) is 1. The fourth-order valence-electron chi connectivity index (χ4n) is 2.55. The van der Waals surface area contributed by atoms with E-state index in [1.165, 1.54) is 6.07 Å². The molecule has 0 saturated heterocycles. The Morgan fingerprint density at radius 3 is 2.40 bits per heavy atom. The molecule has 0 radical (unpaired) electrons. The molecule has 0 aliphatic carbocycles. The van der Waals surface area contributed by atoms with Crippen molar-refractivity contribution in [3.05, 3.63) is 49.8 Å². The third-order valence-electron chi connectivity index (χ3n) is 3.43. The Hall–Kier alpha value is -2.17. The number of nitro benzene ring substituents is 1. The predicted octanol–water partition coefficient (Wildman–Crippen LogP) is 3.34. The molecule has 0 amide bonds. The van der Waals surface area contributed by atoms with Gasteiger partial charge in [0.05, 0.1) is 4.92 Å². The van der Waals surface area contributed by atoms with Gasteiger partial charge in [0.25, 0.3) is 11.2 Å². The summed E-state index contributed by atoms with van der Waals surface area (Å²) in [5.41, 5.74) is 2.38. The average Bonchev–Trinajstić information content (AvgIpc) is 2.42. The van der Waals surface area contributed by atoms with Crippen molar-refractivity contribution in [1.29, 1.82) is 0 Å². The summed E-state index contributed by atoms with van der Waals surface area (Å²) in [5, 5.41) is 11.7. The Morgan fingerprint density at radius 1 is 1.15 bits per heavy atom. The topological polar surface area (TPSA) is 76.0 Å². The number of non-ortho nitro benzene ring substituents is 1. The molecule has 1 aromatic carbocycles. The zero-order chi connectivity index (χ0) is 14.7. The maximum absolute atomic E-state index is 12.1. The summed E-state index contributed by atoms with van der Waals surface area (Å²) in [5.74, 6) is 0. The van der Waals surface area contributed by atoms with Gasteiger partial charge >= 0.3 is 0 Å². The van der Waals surface area contributed by atoms with Crippen molar-refractivity contribution in [1.82, 2.24) is 4.98 Å². The number of nitrogens with zero attached hydrogens (tertiary/aromatic N) is 1. The monoisotopic (exact) mass is 274 g/mol. The lowest BCUT2D eigenvalue weighted by Crippen LogP contribution is -2.16. The first-order valence-electron chi connectivity index (χ1n) is 6.90. The molecule has 1 heterocycles. The van der Waals surface area contributed by atoms with Crippen LogP contribution in [0.4, 0.5) is 5.69 Å². The van der Waals surface area contributed by atoms with Gasteiger partial charge in [-0.25, -0.2) is 0 Å². The molecule has 106 valence electrons.